The molecule has 0 saturated heterocycles. The lowest BCUT2D eigenvalue weighted by atomic mass is 10.3. The van der Waals surface area contributed by atoms with Gasteiger partial charge < -0.3 is 11.3 Å². The van der Waals surface area contributed by atoms with Crippen LogP contribution in [-0.2, 0) is 0 Å². The third kappa shape index (κ3) is 1.85. The van der Waals surface area contributed by atoms with Gasteiger partial charge in [-0.2, -0.15) is 10.2 Å². The molecule has 1 rings (SSSR count). The van der Waals surface area contributed by atoms with Crippen molar-refractivity contribution in [3.63, 3.8) is 0 Å². The second-order valence-corrected chi connectivity index (χ2v) is 3.16. The van der Waals surface area contributed by atoms with E-state index in [1.807, 2.05) is 13.8 Å². The molecule has 0 saturated carbocycles. The molecule has 1 heterocycles. The van der Waals surface area contributed by atoms with E-state index in [4.69, 9.17) is 5.84 Å². The molecular weight excluding hydrogens is 156 g/mol. The summed E-state index contributed by atoms with van der Waals surface area (Å²) in [6, 6.07) is 0. The maximum atomic E-state index is 5.08. The first-order valence-corrected chi connectivity index (χ1v) is 3.68. The Morgan fingerprint density at radius 2 is 2.25 bits per heavy atom. The van der Waals surface area contributed by atoms with Crippen LogP contribution in [0, 0.1) is 0 Å². The highest BCUT2D eigenvalue weighted by atomic mass is 15.6. The summed E-state index contributed by atoms with van der Waals surface area (Å²) in [7, 11) is 0. The molecule has 5 N–H and O–H groups in total. The molecule has 0 aromatic heterocycles. The Bertz CT molecular complexity index is 228. The van der Waals surface area contributed by atoms with Crippen molar-refractivity contribution in [1.82, 2.24) is 16.3 Å². The van der Waals surface area contributed by atoms with Crippen LogP contribution in [0.3, 0.4) is 0 Å². The van der Waals surface area contributed by atoms with E-state index in [9.17, 15) is 0 Å². The molecule has 0 fully saturated rings. The average molecular weight is 170 g/mol. The predicted molar refractivity (Wildman–Crippen MR) is 48.2 cm³/mol. The van der Waals surface area contributed by atoms with Gasteiger partial charge in [0.15, 0.2) is 5.84 Å². The van der Waals surface area contributed by atoms with Crippen LogP contribution in [0.1, 0.15) is 20.8 Å². The molecular formula is C6H14N6. The molecule has 1 aliphatic rings. The number of hydrogen-bond acceptors (Lipinski definition) is 6. The van der Waals surface area contributed by atoms with Crippen LogP contribution in [0.2, 0.25) is 0 Å². The SMILES string of the molecule is C/C(=N/N)C1=NNC(C)(C)NN1. The van der Waals surface area contributed by atoms with E-state index in [1.165, 1.54) is 0 Å². The Morgan fingerprint density at radius 1 is 1.58 bits per heavy atom. The smallest absolute Gasteiger partial charge is 0.183 e. The van der Waals surface area contributed by atoms with Crippen molar-refractivity contribution >= 4 is 11.5 Å². The maximum absolute atomic E-state index is 5.08. The third-order valence-corrected chi connectivity index (χ3v) is 1.48. The lowest BCUT2D eigenvalue weighted by molar-refractivity contribution is 0.284. The van der Waals surface area contributed by atoms with Gasteiger partial charge in [0, 0.05) is 0 Å². The van der Waals surface area contributed by atoms with Gasteiger partial charge in [0.05, 0.1) is 0 Å². The van der Waals surface area contributed by atoms with Gasteiger partial charge >= 0.3 is 0 Å². The number of rotatable bonds is 1. The summed E-state index contributed by atoms with van der Waals surface area (Å²) in [5.74, 6) is 5.69. The van der Waals surface area contributed by atoms with E-state index in [-0.39, 0.29) is 5.66 Å². The number of nitrogens with two attached hydrogens (primary N) is 1. The van der Waals surface area contributed by atoms with Crippen molar-refractivity contribution in [3.05, 3.63) is 0 Å². The first kappa shape index (κ1) is 8.79. The Labute approximate surface area is 71.2 Å². The second-order valence-electron chi connectivity index (χ2n) is 3.16. The number of nitrogens with zero attached hydrogens (tertiary/aromatic N) is 2. The van der Waals surface area contributed by atoms with Crippen LogP contribution < -0.4 is 22.1 Å². The summed E-state index contributed by atoms with van der Waals surface area (Å²) in [6.45, 7) is 5.68. The van der Waals surface area contributed by atoms with Gasteiger partial charge in [0.2, 0.25) is 0 Å². The lowest BCUT2D eigenvalue weighted by Gasteiger charge is -2.31. The Morgan fingerprint density at radius 3 is 2.67 bits per heavy atom. The zero-order valence-corrected chi connectivity index (χ0v) is 7.47. The molecule has 0 aromatic rings. The maximum Gasteiger partial charge on any atom is 0.183 e. The van der Waals surface area contributed by atoms with Gasteiger partial charge in [0.1, 0.15) is 11.4 Å². The minimum atomic E-state index is -0.252. The predicted octanol–water partition coefficient (Wildman–Crippen LogP) is -0.932. The molecule has 0 unspecified atom stereocenters. The van der Waals surface area contributed by atoms with Crippen molar-refractivity contribution in [2.45, 2.75) is 26.4 Å². The van der Waals surface area contributed by atoms with Crippen molar-refractivity contribution < 1.29 is 0 Å². The van der Waals surface area contributed by atoms with Crippen LogP contribution in [0.4, 0.5) is 0 Å². The Hall–Kier alpha value is -1.30. The van der Waals surface area contributed by atoms with E-state index in [1.54, 1.807) is 6.92 Å². The normalized spacial score (nSPS) is 22.2. The van der Waals surface area contributed by atoms with Crippen molar-refractivity contribution in [2.75, 3.05) is 0 Å². The summed E-state index contributed by atoms with van der Waals surface area (Å²) in [5, 5.41) is 7.54. The molecule has 0 atom stereocenters. The van der Waals surface area contributed by atoms with Gasteiger partial charge in [-0.1, -0.05) is 0 Å². The molecule has 6 heteroatoms. The highest BCUT2D eigenvalue weighted by Gasteiger charge is 2.21. The van der Waals surface area contributed by atoms with Crippen molar-refractivity contribution in [2.24, 2.45) is 16.0 Å². The van der Waals surface area contributed by atoms with Gasteiger partial charge in [-0.15, -0.1) is 0 Å². The van der Waals surface area contributed by atoms with E-state index in [0.29, 0.717) is 11.5 Å². The third-order valence-electron chi connectivity index (χ3n) is 1.48. The topological polar surface area (TPSA) is 86.8 Å². The van der Waals surface area contributed by atoms with E-state index < -0.39 is 0 Å². The number of hydrazone groups is 2. The van der Waals surface area contributed by atoms with Gasteiger partial charge in [-0.05, 0) is 20.8 Å². The summed E-state index contributed by atoms with van der Waals surface area (Å²) >= 11 is 0. The summed E-state index contributed by atoms with van der Waals surface area (Å²) in [4.78, 5) is 0. The largest absolute Gasteiger partial charge is 0.323 e. The summed E-state index contributed by atoms with van der Waals surface area (Å²) < 4.78 is 0. The average Bonchev–Trinajstić information content (AvgIpc) is 2.03. The zero-order chi connectivity index (χ0) is 9.19. The summed E-state index contributed by atoms with van der Waals surface area (Å²) in [6.07, 6.45) is 0. The molecule has 0 amide bonds. The molecule has 0 aliphatic carbocycles. The van der Waals surface area contributed by atoms with Crippen LogP contribution in [0.15, 0.2) is 10.2 Å². The molecule has 6 nitrogen and oxygen atoms in total. The van der Waals surface area contributed by atoms with E-state index in [2.05, 4.69) is 26.5 Å². The molecule has 0 radical (unpaired) electrons. The molecule has 0 spiro atoms. The lowest BCUT2D eigenvalue weighted by Crippen LogP contribution is -2.62. The molecule has 0 bridgehead atoms. The number of nitrogens with one attached hydrogen (secondary N) is 3. The fourth-order valence-electron chi connectivity index (χ4n) is 0.700. The molecule has 68 valence electrons. The van der Waals surface area contributed by atoms with Gasteiger partial charge in [-0.25, -0.2) is 5.43 Å². The van der Waals surface area contributed by atoms with Crippen molar-refractivity contribution in [1.29, 1.82) is 0 Å². The zero-order valence-electron chi connectivity index (χ0n) is 7.47. The first-order valence-electron chi connectivity index (χ1n) is 3.68. The van der Waals surface area contributed by atoms with Crippen LogP contribution in [-0.4, -0.2) is 17.2 Å². The summed E-state index contributed by atoms with van der Waals surface area (Å²) in [5.41, 5.74) is 9.18. The molecule has 12 heavy (non-hydrogen) atoms. The molecule has 0 aromatic carbocycles. The fourth-order valence-corrected chi connectivity index (χ4v) is 0.700. The van der Waals surface area contributed by atoms with Crippen molar-refractivity contribution in [3.8, 4) is 0 Å². The highest BCUT2D eigenvalue weighted by Crippen LogP contribution is 1.97. The fraction of sp³-hybridized carbons (Fsp3) is 0.667. The standard InChI is InChI=1S/C6H14N6/c1-4(8-7)5-9-11-6(2,3)12-10-5/h11-12H,7H2,1-3H3,(H,9,10)/b8-4-. The van der Waals surface area contributed by atoms with E-state index in [0.717, 1.165) is 0 Å². The van der Waals surface area contributed by atoms with Crippen LogP contribution >= 0.6 is 0 Å². The van der Waals surface area contributed by atoms with Crippen LogP contribution in [0.25, 0.3) is 0 Å². The minimum absolute atomic E-state index is 0.252. The van der Waals surface area contributed by atoms with Gasteiger partial charge in [-0.3, -0.25) is 5.43 Å². The van der Waals surface area contributed by atoms with Gasteiger partial charge in [0.25, 0.3) is 0 Å². The monoisotopic (exact) mass is 170 g/mol. The minimum Gasteiger partial charge on any atom is -0.323 e. The van der Waals surface area contributed by atoms with Crippen LogP contribution in [0.5, 0.6) is 0 Å². The Balaban J connectivity index is 2.68. The second kappa shape index (κ2) is 2.98. The quantitative estimate of drug-likeness (QED) is 0.232. The molecule has 1 aliphatic heterocycles. The highest BCUT2D eigenvalue weighted by molar-refractivity contribution is 6.40. The first-order chi connectivity index (χ1) is 5.55. The van der Waals surface area contributed by atoms with E-state index >= 15 is 0 Å². The number of hydrogen-bond donors (Lipinski definition) is 4. The number of amidine groups is 1. The number of hydrazine groups is 1. The Kier molecular flexibility index (Phi) is 2.18.